The molecule has 0 aliphatic heterocycles. The number of imidazole rings is 2. The second kappa shape index (κ2) is 15.4. The molecule has 6 aromatic rings. The minimum atomic E-state index is -2.54. The van der Waals surface area contributed by atoms with Crippen molar-refractivity contribution in [2.24, 2.45) is 14.0 Å². The molecule has 12 nitrogen and oxygen atoms in total. The molecule has 2 unspecified atom stereocenters. The van der Waals surface area contributed by atoms with E-state index in [9.17, 15) is 8.42 Å². The number of methoxy groups -OCH3 is 4. The first-order chi connectivity index (χ1) is 26.3. The Bertz CT molecular complexity index is 2390. The molecular weight excluding hydrogens is 677 g/mol. The number of aromatic nitrogens is 6. The molecule has 0 spiro atoms. The molecule has 14 heteroatoms. The van der Waals surface area contributed by atoms with Gasteiger partial charge in [0, 0.05) is 69.0 Å². The van der Waals surface area contributed by atoms with E-state index in [-0.39, 0.29) is 21.8 Å². The Balaban J connectivity index is 0.000000214. The van der Waals surface area contributed by atoms with Gasteiger partial charge >= 0.3 is 0 Å². The molecule has 0 bridgehead atoms. The zero-order valence-electron chi connectivity index (χ0n) is 35.0. The molecule has 0 aliphatic carbocycles. The second-order valence-corrected chi connectivity index (χ2v) is 13.9. The van der Waals surface area contributed by atoms with Crippen molar-refractivity contribution in [2.45, 2.75) is 49.5 Å². The lowest BCUT2D eigenvalue weighted by molar-refractivity contribution is 0.407. The topological polar surface area (TPSA) is 132 Å². The Morgan fingerprint density at radius 1 is 0.640 bits per heavy atom. The maximum absolute atomic E-state index is 13.1. The third kappa shape index (κ3) is 7.22. The van der Waals surface area contributed by atoms with Crippen LogP contribution < -0.4 is 18.9 Å². The Morgan fingerprint density at radius 3 is 1.62 bits per heavy atom. The van der Waals surface area contributed by atoms with Crippen LogP contribution in [0.2, 0.25) is 0 Å². The van der Waals surface area contributed by atoms with E-state index in [1.54, 1.807) is 63.0 Å². The van der Waals surface area contributed by atoms with Gasteiger partial charge < -0.3 is 28.1 Å². The van der Waals surface area contributed by atoms with E-state index in [0.29, 0.717) is 56.5 Å². The zero-order chi connectivity index (χ0) is 41.3. The second-order valence-electron chi connectivity index (χ2n) is 11.2. The number of fused-ring (bicyclic) bond motifs is 2. The van der Waals surface area contributed by atoms with Gasteiger partial charge in [0.2, 0.25) is 0 Å². The fraction of sp³-hybridized carbons (Fsp3) is 0.333. The van der Waals surface area contributed by atoms with Crippen molar-refractivity contribution in [3.63, 3.8) is 0 Å². The van der Waals surface area contributed by atoms with Crippen LogP contribution in [0.3, 0.4) is 0 Å². The molecular formula is C36H42N6O6S2. The van der Waals surface area contributed by atoms with Gasteiger partial charge in [-0.3, -0.25) is 18.4 Å². The fourth-order valence-electron chi connectivity index (χ4n) is 5.44. The largest absolute Gasteiger partial charge is 0.497 e. The molecule has 2 aromatic carbocycles. The molecule has 0 N–H and O–H groups in total. The van der Waals surface area contributed by atoms with E-state index < -0.39 is 35.6 Å². The van der Waals surface area contributed by atoms with Crippen molar-refractivity contribution in [3.05, 3.63) is 82.4 Å². The van der Waals surface area contributed by atoms with E-state index in [4.69, 9.17) is 27.2 Å². The van der Waals surface area contributed by atoms with Gasteiger partial charge in [0.25, 0.3) is 0 Å². The van der Waals surface area contributed by atoms with Crippen LogP contribution in [0, 0.1) is 27.7 Å². The summed E-state index contributed by atoms with van der Waals surface area (Å²) in [6, 6.07) is 9.78. The van der Waals surface area contributed by atoms with Gasteiger partial charge in [-0.05, 0) is 52.0 Å². The van der Waals surface area contributed by atoms with Crippen LogP contribution in [0.15, 0.2) is 59.1 Å². The van der Waals surface area contributed by atoms with Gasteiger partial charge in [0.05, 0.1) is 95.0 Å². The summed E-state index contributed by atoms with van der Waals surface area (Å²) in [7, 11) is 2.69. The van der Waals surface area contributed by atoms with Gasteiger partial charge in [0.15, 0.2) is 10.3 Å². The lowest BCUT2D eigenvalue weighted by Crippen LogP contribution is -2.07. The molecule has 0 fully saturated rings. The van der Waals surface area contributed by atoms with Crippen LogP contribution >= 0.6 is 0 Å². The SMILES string of the molecule is [2H]C([2H])([2H])n1c(S(=O)Cc2ncc(C)c(OC)c2C)nc2cc(OC)ccc21.[2H]C([2H])([2H])n1c(S(=O)Cc2ncc(C)c(OC)c2C)nc2ccc(OC)cc21. The molecule has 50 heavy (non-hydrogen) atoms. The summed E-state index contributed by atoms with van der Waals surface area (Å²) >= 11 is 0. The number of aryl methyl sites for hydroxylation is 4. The lowest BCUT2D eigenvalue weighted by Gasteiger charge is -2.12. The average Bonchev–Trinajstić information content (AvgIpc) is 3.74. The van der Waals surface area contributed by atoms with E-state index >= 15 is 0 Å². The number of benzene rings is 2. The normalized spacial score (nSPS) is 14.6. The summed E-state index contributed by atoms with van der Waals surface area (Å²) in [6.45, 7) is 2.36. The molecule has 0 aliphatic rings. The van der Waals surface area contributed by atoms with Crippen molar-refractivity contribution in [1.29, 1.82) is 0 Å². The van der Waals surface area contributed by atoms with Crippen molar-refractivity contribution in [1.82, 2.24) is 29.1 Å². The number of ether oxygens (including phenoxy) is 4. The van der Waals surface area contributed by atoms with Crippen LogP contribution in [0.25, 0.3) is 22.1 Å². The highest BCUT2D eigenvalue weighted by molar-refractivity contribution is 7.84. The third-order valence-corrected chi connectivity index (χ3v) is 10.5. The standard InChI is InChI=1S/2C18H21N3O3S/c1-11-9-19-15(12(2)17(11)24-5)10-25(22)18-20-14-8-13(23-4)6-7-16(14)21(18)3;1-11-9-19-15(12(2)17(11)24-5)10-25(22)18-20-14-7-6-13(23-4)8-16(14)21(18)3/h2*6-9H,10H2,1-5H3/i2*3D3. The number of hydrogen-bond acceptors (Lipinski definition) is 10. The molecule has 0 saturated carbocycles. The van der Waals surface area contributed by atoms with Gasteiger partial charge in [-0.2, -0.15) is 0 Å². The van der Waals surface area contributed by atoms with Crippen molar-refractivity contribution >= 4 is 43.7 Å². The van der Waals surface area contributed by atoms with E-state index in [1.807, 2.05) is 27.7 Å². The molecule has 2 atom stereocenters. The monoisotopic (exact) mass is 724 g/mol. The molecule has 264 valence electrons. The van der Waals surface area contributed by atoms with Gasteiger partial charge in [-0.15, -0.1) is 0 Å². The summed E-state index contributed by atoms with van der Waals surface area (Å²) < 4.78 is 96.7. The minimum Gasteiger partial charge on any atom is -0.497 e. The highest BCUT2D eigenvalue weighted by Gasteiger charge is 2.20. The highest BCUT2D eigenvalue weighted by atomic mass is 32.2. The summed E-state index contributed by atoms with van der Waals surface area (Å²) in [5, 5.41) is -0.0482. The van der Waals surface area contributed by atoms with Crippen molar-refractivity contribution in [3.8, 4) is 23.0 Å². The Morgan fingerprint density at radius 2 is 1.12 bits per heavy atom. The minimum absolute atomic E-state index is 0.0241. The van der Waals surface area contributed by atoms with Crippen LogP contribution in [0.1, 0.15) is 41.9 Å². The molecule has 6 rings (SSSR count). The predicted molar refractivity (Wildman–Crippen MR) is 195 cm³/mol. The van der Waals surface area contributed by atoms with Crippen LogP contribution in [0.5, 0.6) is 23.0 Å². The van der Waals surface area contributed by atoms with E-state index in [2.05, 4.69) is 19.9 Å². The van der Waals surface area contributed by atoms with Gasteiger partial charge in [0.1, 0.15) is 23.0 Å². The van der Waals surface area contributed by atoms with Crippen LogP contribution in [-0.4, -0.2) is 65.9 Å². The number of hydrogen-bond donors (Lipinski definition) is 0. The van der Waals surface area contributed by atoms with Crippen LogP contribution in [-0.2, 0) is 47.1 Å². The molecule has 4 aromatic heterocycles. The van der Waals surface area contributed by atoms with Gasteiger partial charge in [-0.25, -0.2) is 9.97 Å². The maximum atomic E-state index is 13.1. The van der Waals surface area contributed by atoms with E-state index in [1.165, 1.54) is 14.2 Å². The van der Waals surface area contributed by atoms with Gasteiger partial charge in [-0.1, -0.05) is 0 Å². The van der Waals surface area contributed by atoms with Crippen LogP contribution in [0.4, 0.5) is 0 Å². The quantitative estimate of drug-likeness (QED) is 0.170. The van der Waals surface area contributed by atoms with Crippen molar-refractivity contribution in [2.75, 3.05) is 28.4 Å². The maximum Gasteiger partial charge on any atom is 0.200 e. The Kier molecular flexibility index (Phi) is 8.91. The zero-order valence-corrected chi connectivity index (χ0v) is 30.6. The number of nitrogens with zero attached hydrogens (tertiary/aromatic N) is 6. The highest BCUT2D eigenvalue weighted by Crippen LogP contribution is 2.29. The number of rotatable bonds is 10. The fourth-order valence-corrected chi connectivity index (χ4v) is 7.78. The first-order valence-electron chi connectivity index (χ1n) is 18.2. The summed E-state index contributed by atoms with van der Waals surface area (Å²) in [5.41, 5.74) is 5.99. The Hall–Kier alpha value is -4.82. The average molecular weight is 725 g/mol. The molecule has 0 radical (unpaired) electrons. The summed E-state index contributed by atoms with van der Waals surface area (Å²) in [6.07, 6.45) is 3.30. The summed E-state index contributed by atoms with van der Waals surface area (Å²) in [4.78, 5) is 17.4. The summed E-state index contributed by atoms with van der Waals surface area (Å²) in [5.74, 6) is 2.45. The molecule has 0 saturated heterocycles. The predicted octanol–water partition coefficient (Wildman–Crippen LogP) is 5.82. The first-order valence-corrected chi connectivity index (χ1v) is 17.9. The van der Waals surface area contributed by atoms with Crippen molar-refractivity contribution < 1.29 is 35.6 Å². The molecule has 4 heterocycles. The third-order valence-electron chi connectivity index (χ3n) is 8.10. The first kappa shape index (κ1) is 29.0. The lowest BCUT2D eigenvalue weighted by atomic mass is 10.1. The molecule has 0 amide bonds. The van der Waals surface area contributed by atoms with E-state index in [0.717, 1.165) is 31.4 Å². The number of pyridine rings is 2. The Labute approximate surface area is 305 Å². The smallest absolute Gasteiger partial charge is 0.200 e.